The highest BCUT2D eigenvalue weighted by Crippen LogP contribution is 2.51. The molecule has 0 bridgehead atoms. The largest absolute Gasteiger partial charge is 0.493 e. The van der Waals surface area contributed by atoms with Gasteiger partial charge in [-0.3, -0.25) is 14.5 Å². The Balaban J connectivity index is 1.89. The second kappa shape index (κ2) is 11.4. The molecular weight excluding hydrogens is 518 g/mol. The quantitative estimate of drug-likeness (QED) is 0.466. The number of carbonyl (C=O) groups is 3. The van der Waals surface area contributed by atoms with Crippen LogP contribution in [0.15, 0.2) is 30.3 Å². The summed E-state index contributed by atoms with van der Waals surface area (Å²) in [4.78, 5) is 40.9. The molecule has 10 heteroatoms. The second-order valence-corrected chi connectivity index (χ2v) is 11.0. The normalized spacial score (nSPS) is 20.9. The van der Waals surface area contributed by atoms with Gasteiger partial charge in [-0.05, 0) is 37.0 Å². The molecule has 0 radical (unpaired) electrons. The van der Waals surface area contributed by atoms with Crippen molar-refractivity contribution in [3.05, 3.63) is 47.0 Å². The lowest BCUT2D eigenvalue weighted by atomic mass is 9.84. The predicted molar refractivity (Wildman–Crippen MR) is 146 cm³/mol. The Bertz CT molecular complexity index is 1300. The first-order valence-electron chi connectivity index (χ1n) is 13.1. The van der Waals surface area contributed by atoms with E-state index in [9.17, 15) is 14.4 Å². The number of carbonyl (C=O) groups excluding carboxylic acids is 3. The Morgan fingerprint density at radius 1 is 1.10 bits per heavy atom. The number of methoxy groups -OCH3 is 3. The molecule has 0 aliphatic carbocycles. The van der Waals surface area contributed by atoms with Crippen LogP contribution in [-0.2, 0) is 28.6 Å². The molecule has 0 N–H and O–H groups in total. The molecule has 1 amide bonds. The van der Waals surface area contributed by atoms with E-state index in [-0.39, 0.29) is 18.1 Å². The van der Waals surface area contributed by atoms with Gasteiger partial charge < -0.3 is 28.4 Å². The number of benzene rings is 2. The second-order valence-electron chi connectivity index (χ2n) is 11.0. The van der Waals surface area contributed by atoms with Gasteiger partial charge in [0.05, 0.1) is 39.5 Å². The minimum absolute atomic E-state index is 0.273. The minimum Gasteiger partial charge on any atom is -0.493 e. The first-order valence-corrected chi connectivity index (χ1v) is 13.1. The smallest absolute Gasteiger partial charge is 0.346 e. The zero-order valence-corrected chi connectivity index (χ0v) is 24.2. The molecule has 2 heterocycles. The van der Waals surface area contributed by atoms with Crippen LogP contribution in [0.4, 0.5) is 5.69 Å². The van der Waals surface area contributed by atoms with Gasteiger partial charge in [-0.25, -0.2) is 4.79 Å². The topological polar surface area (TPSA) is 110 Å². The number of amides is 1. The molecule has 0 spiro atoms. The lowest BCUT2D eigenvalue weighted by molar-refractivity contribution is -0.167. The molecule has 2 aliphatic rings. The van der Waals surface area contributed by atoms with Crippen molar-refractivity contribution in [2.45, 2.75) is 65.4 Å². The van der Waals surface area contributed by atoms with Crippen LogP contribution in [0.1, 0.15) is 56.9 Å². The van der Waals surface area contributed by atoms with Crippen LogP contribution < -0.4 is 19.1 Å². The number of hydrogen-bond acceptors (Lipinski definition) is 9. The third-order valence-corrected chi connectivity index (χ3v) is 7.20. The molecular formula is C30H37NO9. The highest BCUT2D eigenvalue weighted by Gasteiger charge is 2.48. The van der Waals surface area contributed by atoms with Crippen molar-refractivity contribution in [3.63, 3.8) is 0 Å². The summed E-state index contributed by atoms with van der Waals surface area (Å²) < 4.78 is 34.0. The Kier molecular flexibility index (Phi) is 8.30. The molecule has 216 valence electrons. The third-order valence-electron chi connectivity index (χ3n) is 7.20. The number of nitrogens with zero attached hydrogens (tertiary/aromatic N) is 1. The van der Waals surface area contributed by atoms with E-state index in [1.165, 1.54) is 21.1 Å². The number of rotatable bonds is 7. The van der Waals surface area contributed by atoms with Crippen molar-refractivity contribution in [1.29, 1.82) is 0 Å². The van der Waals surface area contributed by atoms with Gasteiger partial charge in [-0.2, -0.15) is 0 Å². The lowest BCUT2D eigenvalue weighted by Gasteiger charge is -2.44. The maximum Gasteiger partial charge on any atom is 0.346 e. The van der Waals surface area contributed by atoms with Crippen molar-refractivity contribution in [2.75, 3.05) is 32.8 Å². The zero-order valence-electron chi connectivity index (χ0n) is 24.2. The summed E-state index contributed by atoms with van der Waals surface area (Å²) in [6.07, 6.45) is -3.61. The van der Waals surface area contributed by atoms with Crippen molar-refractivity contribution in [1.82, 2.24) is 0 Å². The van der Waals surface area contributed by atoms with Crippen molar-refractivity contribution in [3.8, 4) is 17.2 Å². The standard InChI is InChI=1S/C30H37NO9/c1-16-12-19-25-21(13-16)38-15-23(30(3,4)5)31(25)28(33)22(14-24(32)39-17(2)29(34)37-8)40-26(19)18-10-9-11-20(35-6)27(18)36-7/h9-13,17,22-23,26H,14-15H2,1-8H3/t17?,22-,23+,26-/m1/s1. The lowest BCUT2D eigenvalue weighted by Crippen LogP contribution is -2.56. The van der Waals surface area contributed by atoms with Crippen LogP contribution in [0.25, 0.3) is 0 Å². The fraction of sp³-hybridized carbons (Fsp3) is 0.500. The third kappa shape index (κ3) is 5.45. The highest BCUT2D eigenvalue weighted by atomic mass is 16.6. The summed E-state index contributed by atoms with van der Waals surface area (Å²) >= 11 is 0. The summed E-state index contributed by atoms with van der Waals surface area (Å²) in [5.74, 6) is -0.381. The zero-order chi connectivity index (χ0) is 29.4. The minimum atomic E-state index is -1.23. The van der Waals surface area contributed by atoms with E-state index in [0.29, 0.717) is 34.1 Å². The maximum atomic E-state index is 14.3. The van der Waals surface area contributed by atoms with E-state index in [1.807, 2.05) is 52.0 Å². The van der Waals surface area contributed by atoms with Gasteiger partial charge >= 0.3 is 11.9 Å². The van der Waals surface area contributed by atoms with Gasteiger partial charge in [-0.1, -0.05) is 39.0 Å². The van der Waals surface area contributed by atoms with Crippen molar-refractivity contribution in [2.24, 2.45) is 5.41 Å². The van der Waals surface area contributed by atoms with Gasteiger partial charge in [0.1, 0.15) is 24.6 Å². The summed E-state index contributed by atoms with van der Waals surface area (Å²) in [6, 6.07) is 8.91. The molecule has 40 heavy (non-hydrogen) atoms. The van der Waals surface area contributed by atoms with Gasteiger partial charge in [0, 0.05) is 11.1 Å². The van der Waals surface area contributed by atoms with E-state index in [0.717, 1.165) is 5.56 Å². The molecule has 2 aromatic rings. The van der Waals surface area contributed by atoms with Crippen molar-refractivity contribution >= 4 is 23.5 Å². The van der Waals surface area contributed by atoms with E-state index in [1.54, 1.807) is 18.1 Å². The number of ether oxygens (including phenoxy) is 6. The average molecular weight is 556 g/mol. The summed E-state index contributed by atoms with van der Waals surface area (Å²) in [5.41, 5.74) is 2.45. The Morgan fingerprint density at radius 2 is 1.82 bits per heavy atom. The summed E-state index contributed by atoms with van der Waals surface area (Å²) in [7, 11) is 4.28. The number of para-hydroxylation sites is 1. The van der Waals surface area contributed by atoms with Gasteiger partial charge in [0.2, 0.25) is 0 Å². The molecule has 0 fully saturated rings. The first kappa shape index (κ1) is 29.2. The molecule has 2 aliphatic heterocycles. The molecule has 1 unspecified atom stereocenters. The predicted octanol–water partition coefficient (Wildman–Crippen LogP) is 4.14. The van der Waals surface area contributed by atoms with E-state index >= 15 is 0 Å². The molecule has 4 atom stereocenters. The molecule has 0 saturated carbocycles. The Hall–Kier alpha value is -3.79. The van der Waals surface area contributed by atoms with Crippen molar-refractivity contribution < 1.29 is 42.8 Å². The summed E-state index contributed by atoms with van der Waals surface area (Å²) in [6.45, 7) is 9.71. The van der Waals surface area contributed by atoms with E-state index in [2.05, 4.69) is 4.74 Å². The fourth-order valence-electron chi connectivity index (χ4n) is 5.20. The number of aryl methyl sites for hydroxylation is 1. The van der Waals surface area contributed by atoms with Gasteiger partial charge in [-0.15, -0.1) is 0 Å². The van der Waals surface area contributed by atoms with Crippen LogP contribution in [0.2, 0.25) is 0 Å². The molecule has 2 aromatic carbocycles. The molecule has 0 aromatic heterocycles. The van der Waals surface area contributed by atoms with E-state index in [4.69, 9.17) is 23.7 Å². The van der Waals surface area contributed by atoms with Crippen LogP contribution in [0, 0.1) is 12.3 Å². The van der Waals surface area contributed by atoms with Crippen LogP contribution in [0.5, 0.6) is 17.2 Å². The highest BCUT2D eigenvalue weighted by molar-refractivity contribution is 6.02. The Morgan fingerprint density at radius 3 is 2.45 bits per heavy atom. The van der Waals surface area contributed by atoms with Crippen LogP contribution in [0.3, 0.4) is 0 Å². The number of anilines is 1. The maximum absolute atomic E-state index is 14.3. The number of hydrogen-bond donors (Lipinski definition) is 0. The van der Waals surface area contributed by atoms with E-state index < -0.39 is 42.6 Å². The number of esters is 2. The fourth-order valence-corrected chi connectivity index (χ4v) is 5.20. The monoisotopic (exact) mass is 555 g/mol. The summed E-state index contributed by atoms with van der Waals surface area (Å²) in [5, 5.41) is 0. The SMILES string of the molecule is COC(=O)C(C)OC(=O)C[C@H]1O[C@H](c2cccc(OC)c2OC)c2cc(C)cc3c2N(C1=O)[C@H](C(C)(C)C)CO3. The average Bonchev–Trinajstić information content (AvgIpc) is 3.02. The molecule has 4 rings (SSSR count). The molecule has 0 saturated heterocycles. The Labute approximate surface area is 234 Å². The van der Waals surface area contributed by atoms with Crippen LogP contribution in [-0.4, -0.2) is 64.0 Å². The first-order chi connectivity index (χ1) is 18.9. The van der Waals surface area contributed by atoms with Gasteiger partial charge in [0.15, 0.2) is 17.6 Å². The van der Waals surface area contributed by atoms with Crippen LogP contribution >= 0.6 is 0 Å². The van der Waals surface area contributed by atoms with Gasteiger partial charge in [0.25, 0.3) is 5.91 Å². The molecule has 10 nitrogen and oxygen atoms in total.